The van der Waals surface area contributed by atoms with Gasteiger partial charge in [-0.05, 0) is 120 Å². The van der Waals surface area contributed by atoms with Crippen LogP contribution in [0.3, 0.4) is 0 Å². The number of aryl methyl sites for hydroxylation is 1. The summed E-state index contributed by atoms with van der Waals surface area (Å²) in [5.74, 6) is 0.938. The number of hydrogen-bond donors (Lipinski definition) is 2. The zero-order valence-corrected chi connectivity index (χ0v) is 29.6. The number of pyridine rings is 2. The van der Waals surface area contributed by atoms with E-state index in [0.717, 1.165) is 61.1 Å². The number of nitrogens with zero attached hydrogens (tertiary/aromatic N) is 7. The number of piperidine rings is 2. The molecule has 6 heterocycles. The zero-order valence-electron chi connectivity index (χ0n) is 29.6. The summed E-state index contributed by atoms with van der Waals surface area (Å²) >= 11 is 0. The number of aliphatic hydroxyl groups is 1. The number of imidazole rings is 1. The highest BCUT2D eigenvalue weighted by Crippen LogP contribution is 2.43. The third-order valence-corrected chi connectivity index (χ3v) is 11.9. The van der Waals surface area contributed by atoms with Crippen LogP contribution >= 0.6 is 0 Å². The van der Waals surface area contributed by atoms with Crippen LogP contribution in [0.25, 0.3) is 22.3 Å². The van der Waals surface area contributed by atoms with Gasteiger partial charge < -0.3 is 24.2 Å². The molecule has 264 valence electrons. The van der Waals surface area contributed by atoms with Crippen molar-refractivity contribution < 1.29 is 14.6 Å². The van der Waals surface area contributed by atoms with Crippen LogP contribution in [0.5, 0.6) is 5.75 Å². The van der Waals surface area contributed by atoms with Gasteiger partial charge in [0.15, 0.2) is 0 Å². The highest BCUT2D eigenvalue weighted by Gasteiger charge is 2.46. The number of ether oxygens (including phenoxy) is 1. The van der Waals surface area contributed by atoms with Crippen LogP contribution in [-0.4, -0.2) is 106 Å². The fourth-order valence-electron chi connectivity index (χ4n) is 8.89. The molecule has 1 saturated carbocycles. The minimum atomic E-state index is -0.278. The van der Waals surface area contributed by atoms with Gasteiger partial charge in [0.2, 0.25) is 5.95 Å². The average molecular weight is 679 g/mol. The van der Waals surface area contributed by atoms with Crippen LogP contribution in [0, 0.1) is 12.3 Å². The molecule has 0 radical (unpaired) electrons. The Morgan fingerprint density at radius 3 is 2.44 bits per heavy atom. The molecule has 8 rings (SSSR count). The highest BCUT2D eigenvalue weighted by atomic mass is 16.5. The van der Waals surface area contributed by atoms with E-state index < -0.39 is 0 Å². The molecule has 0 atom stereocenters. The molecule has 3 saturated heterocycles. The largest absolute Gasteiger partial charge is 0.496 e. The van der Waals surface area contributed by atoms with Gasteiger partial charge in [0.05, 0.1) is 35.5 Å². The molecule has 4 fully saturated rings. The standard InChI is InChI=1S/C39H50N8O3/c1-26-20-27(21-34(41-26)32-23-40-15-10-36(32)50-3)37(49)43-38-42-33-9-6-30(22-35(33)47(38)29-4-7-31(48)8-5-29)45-16-11-28(12-17-45)46-24-39(25-46)13-18-44(2)19-14-39/h6,9-10,15,20-23,28-29,31,48H,4-5,7-8,11-14,16-19,24-25H2,1-3H3,(H,42,43,49). The molecule has 0 bridgehead atoms. The van der Waals surface area contributed by atoms with E-state index in [-0.39, 0.29) is 18.1 Å². The van der Waals surface area contributed by atoms with Crippen LogP contribution in [0.2, 0.25) is 0 Å². The van der Waals surface area contributed by atoms with Crippen molar-refractivity contribution in [2.45, 2.75) is 76.5 Å². The number of likely N-dealkylation sites (tertiary alicyclic amines) is 2. The SMILES string of the molecule is COc1ccncc1-c1cc(C(=O)Nc2nc3ccc(N4CCC(N5CC6(CCN(C)CC6)C5)CC4)cc3n2C2CCC(O)CC2)cc(C)n1. The fraction of sp³-hybridized carbons (Fsp3) is 0.538. The van der Waals surface area contributed by atoms with E-state index in [1.807, 2.05) is 6.92 Å². The van der Waals surface area contributed by atoms with Crippen molar-refractivity contribution in [3.05, 3.63) is 60.0 Å². The van der Waals surface area contributed by atoms with Gasteiger partial charge in [-0.3, -0.25) is 25.0 Å². The van der Waals surface area contributed by atoms with Crippen LogP contribution in [0.15, 0.2) is 48.8 Å². The van der Waals surface area contributed by atoms with Crippen molar-refractivity contribution in [3.63, 3.8) is 0 Å². The normalized spacial score (nSPS) is 23.2. The van der Waals surface area contributed by atoms with E-state index in [4.69, 9.17) is 9.72 Å². The molecule has 11 heteroatoms. The van der Waals surface area contributed by atoms with Crippen molar-refractivity contribution in [3.8, 4) is 17.0 Å². The van der Waals surface area contributed by atoms with Crippen molar-refractivity contribution in [1.29, 1.82) is 0 Å². The molecule has 4 aliphatic rings. The number of aliphatic hydroxyl groups excluding tert-OH is 1. The number of fused-ring (bicyclic) bond motifs is 1. The number of aromatic nitrogens is 4. The Morgan fingerprint density at radius 2 is 1.70 bits per heavy atom. The summed E-state index contributed by atoms with van der Waals surface area (Å²) in [6.45, 7) is 9.00. The van der Waals surface area contributed by atoms with E-state index in [0.29, 0.717) is 34.4 Å². The number of carbonyl (C=O) groups excluding carboxylic acids is 1. The van der Waals surface area contributed by atoms with Gasteiger partial charge in [-0.2, -0.15) is 0 Å². The molecule has 1 spiro atoms. The van der Waals surface area contributed by atoms with Crippen LogP contribution in [0.4, 0.5) is 11.6 Å². The second-order valence-electron chi connectivity index (χ2n) is 15.3. The Hall–Kier alpha value is -4.06. The molecule has 11 nitrogen and oxygen atoms in total. The predicted molar refractivity (Wildman–Crippen MR) is 196 cm³/mol. The molecule has 3 aromatic heterocycles. The van der Waals surface area contributed by atoms with E-state index >= 15 is 0 Å². The molecule has 2 N–H and O–H groups in total. The van der Waals surface area contributed by atoms with E-state index in [2.05, 4.69) is 59.8 Å². The average Bonchev–Trinajstić information content (AvgIpc) is 3.48. The lowest BCUT2D eigenvalue weighted by Gasteiger charge is -2.57. The first kappa shape index (κ1) is 33.1. The molecule has 0 unspecified atom stereocenters. The summed E-state index contributed by atoms with van der Waals surface area (Å²) in [5, 5.41) is 13.5. The third-order valence-electron chi connectivity index (χ3n) is 11.9. The Kier molecular flexibility index (Phi) is 8.99. The Morgan fingerprint density at radius 1 is 0.940 bits per heavy atom. The maximum Gasteiger partial charge on any atom is 0.258 e. The maximum absolute atomic E-state index is 13.9. The first-order chi connectivity index (χ1) is 24.3. The van der Waals surface area contributed by atoms with E-state index in [9.17, 15) is 9.90 Å². The lowest BCUT2D eigenvalue weighted by Crippen LogP contribution is -2.63. The third kappa shape index (κ3) is 6.47. The maximum atomic E-state index is 13.9. The summed E-state index contributed by atoms with van der Waals surface area (Å²) in [6, 6.07) is 12.7. The molecule has 50 heavy (non-hydrogen) atoms. The van der Waals surface area contributed by atoms with Crippen LogP contribution < -0.4 is 15.0 Å². The topological polar surface area (TPSA) is 112 Å². The molecular formula is C39H50N8O3. The zero-order chi connectivity index (χ0) is 34.4. The fourth-order valence-corrected chi connectivity index (χ4v) is 8.89. The predicted octanol–water partition coefficient (Wildman–Crippen LogP) is 5.54. The van der Waals surface area contributed by atoms with E-state index in [1.54, 1.807) is 37.7 Å². The summed E-state index contributed by atoms with van der Waals surface area (Å²) in [7, 11) is 3.86. The summed E-state index contributed by atoms with van der Waals surface area (Å²) < 4.78 is 7.76. The number of hydrogen-bond acceptors (Lipinski definition) is 9. The molecule has 1 aromatic carbocycles. The molecule has 3 aliphatic heterocycles. The number of carbonyl (C=O) groups is 1. The number of nitrogens with one attached hydrogen (secondary N) is 1. The summed E-state index contributed by atoms with van der Waals surface area (Å²) in [4.78, 5) is 35.6. The lowest BCUT2D eigenvalue weighted by molar-refractivity contribution is -0.0704. The number of benzene rings is 1. The second-order valence-corrected chi connectivity index (χ2v) is 15.3. The minimum absolute atomic E-state index is 0.132. The summed E-state index contributed by atoms with van der Waals surface area (Å²) in [5.41, 5.74) is 6.23. The van der Waals surface area contributed by atoms with Crippen molar-refractivity contribution in [2.24, 2.45) is 5.41 Å². The molecule has 1 aliphatic carbocycles. The van der Waals surface area contributed by atoms with Gasteiger partial charge in [0, 0.05) is 67.6 Å². The Labute approximate surface area is 294 Å². The van der Waals surface area contributed by atoms with Gasteiger partial charge >= 0.3 is 0 Å². The quantitative estimate of drug-likeness (QED) is 0.261. The van der Waals surface area contributed by atoms with Crippen LogP contribution in [0.1, 0.15) is 73.5 Å². The smallest absolute Gasteiger partial charge is 0.258 e. The highest BCUT2D eigenvalue weighted by molar-refractivity contribution is 6.05. The van der Waals surface area contributed by atoms with Gasteiger partial charge in [-0.1, -0.05) is 0 Å². The van der Waals surface area contributed by atoms with Gasteiger partial charge in [-0.25, -0.2) is 4.98 Å². The van der Waals surface area contributed by atoms with Crippen molar-refractivity contribution >= 4 is 28.6 Å². The number of rotatable bonds is 7. The lowest BCUT2D eigenvalue weighted by atomic mass is 9.71. The van der Waals surface area contributed by atoms with Gasteiger partial charge in [0.1, 0.15) is 5.75 Å². The van der Waals surface area contributed by atoms with Crippen molar-refractivity contribution in [2.75, 3.05) is 63.6 Å². The number of anilines is 2. The van der Waals surface area contributed by atoms with E-state index in [1.165, 1.54) is 57.5 Å². The summed E-state index contributed by atoms with van der Waals surface area (Å²) in [6.07, 6.45) is 11.3. The Balaban J connectivity index is 1.02. The minimum Gasteiger partial charge on any atom is -0.496 e. The number of amides is 1. The monoisotopic (exact) mass is 678 g/mol. The first-order valence-corrected chi connectivity index (χ1v) is 18.4. The Bertz CT molecular complexity index is 1840. The molecule has 1 amide bonds. The van der Waals surface area contributed by atoms with Crippen molar-refractivity contribution in [1.82, 2.24) is 29.3 Å². The second kappa shape index (κ2) is 13.6. The number of methoxy groups -OCH3 is 1. The van der Waals surface area contributed by atoms with Gasteiger partial charge in [-0.15, -0.1) is 0 Å². The first-order valence-electron chi connectivity index (χ1n) is 18.4. The molecular weight excluding hydrogens is 628 g/mol. The van der Waals surface area contributed by atoms with Gasteiger partial charge in [0.25, 0.3) is 5.91 Å². The van der Waals surface area contributed by atoms with Crippen LogP contribution in [-0.2, 0) is 0 Å². The molecule has 4 aromatic rings.